The lowest BCUT2D eigenvalue weighted by Crippen LogP contribution is -2.43. The molecule has 0 radical (unpaired) electrons. The molecule has 2 nitrogen and oxygen atoms in total. The molecule has 3 N–H and O–H groups in total. The van der Waals surface area contributed by atoms with Crippen LogP contribution in [0, 0.1) is 0 Å². The summed E-state index contributed by atoms with van der Waals surface area (Å²) in [6, 6.07) is 19.1. The molecule has 0 saturated carbocycles. The molecule has 0 saturated heterocycles. The third-order valence-electron chi connectivity index (χ3n) is 3.76. The highest BCUT2D eigenvalue weighted by molar-refractivity contribution is 5.53. The molecule has 0 bridgehead atoms. The first-order valence-corrected chi connectivity index (χ1v) is 7.75. The van der Waals surface area contributed by atoms with Gasteiger partial charge in [-0.05, 0) is 37.0 Å². The van der Waals surface area contributed by atoms with Crippen LogP contribution < -0.4 is 11.1 Å². The van der Waals surface area contributed by atoms with E-state index in [1.54, 1.807) is 0 Å². The fourth-order valence-electron chi connectivity index (χ4n) is 2.62. The summed E-state index contributed by atoms with van der Waals surface area (Å²) in [4.78, 5) is 0. The average molecular weight is 282 g/mol. The van der Waals surface area contributed by atoms with Gasteiger partial charge >= 0.3 is 0 Å². The van der Waals surface area contributed by atoms with Crippen molar-refractivity contribution in [3.63, 3.8) is 0 Å². The number of nitrogens with one attached hydrogen (secondary N) is 1. The van der Waals surface area contributed by atoms with Gasteiger partial charge in [-0.2, -0.15) is 0 Å². The number of hydrogen-bond donors (Lipinski definition) is 2. The minimum absolute atomic E-state index is 0.158. The summed E-state index contributed by atoms with van der Waals surface area (Å²) in [5.74, 6) is 0. The van der Waals surface area contributed by atoms with Gasteiger partial charge in [-0.1, -0.05) is 61.9 Å². The van der Waals surface area contributed by atoms with Gasteiger partial charge in [0, 0.05) is 17.8 Å². The third kappa shape index (κ3) is 4.91. The molecule has 1 atom stereocenters. The van der Waals surface area contributed by atoms with Crippen LogP contribution in [0.3, 0.4) is 0 Å². The average Bonchev–Trinajstić information content (AvgIpc) is 2.47. The van der Waals surface area contributed by atoms with Crippen molar-refractivity contribution in [2.75, 3.05) is 11.9 Å². The molecule has 112 valence electrons. The molecule has 0 aliphatic carbocycles. The molecule has 21 heavy (non-hydrogen) atoms. The molecule has 0 heterocycles. The number of rotatable bonds is 7. The Morgan fingerprint density at radius 3 is 2.38 bits per heavy atom. The molecule has 2 rings (SSSR count). The van der Waals surface area contributed by atoms with Gasteiger partial charge in [0.2, 0.25) is 0 Å². The van der Waals surface area contributed by atoms with E-state index in [9.17, 15) is 0 Å². The van der Waals surface area contributed by atoms with E-state index >= 15 is 0 Å². The van der Waals surface area contributed by atoms with Gasteiger partial charge in [-0.3, -0.25) is 0 Å². The molecule has 0 aliphatic rings. The minimum Gasteiger partial charge on any atom is -0.383 e. The number of benzene rings is 2. The fourth-order valence-corrected chi connectivity index (χ4v) is 2.62. The number of anilines is 1. The molecule has 1 unspecified atom stereocenters. The Balaban J connectivity index is 2.07. The lowest BCUT2D eigenvalue weighted by molar-refractivity contribution is 0.450. The first kappa shape index (κ1) is 15.6. The van der Waals surface area contributed by atoms with Crippen molar-refractivity contribution < 1.29 is 0 Å². The summed E-state index contributed by atoms with van der Waals surface area (Å²) >= 11 is 0. The van der Waals surface area contributed by atoms with Gasteiger partial charge in [0.1, 0.15) is 0 Å². The zero-order valence-corrected chi connectivity index (χ0v) is 13.1. The predicted octanol–water partition coefficient (Wildman–Crippen LogP) is 4.21. The predicted molar refractivity (Wildman–Crippen MR) is 91.7 cm³/mol. The second-order valence-corrected chi connectivity index (χ2v) is 6.08. The summed E-state index contributed by atoms with van der Waals surface area (Å²) in [7, 11) is 0. The second-order valence-electron chi connectivity index (χ2n) is 6.08. The molecule has 2 aromatic rings. The maximum Gasteiger partial charge on any atom is 0.0376 e. The third-order valence-corrected chi connectivity index (χ3v) is 3.76. The van der Waals surface area contributed by atoms with Crippen LogP contribution in [0.15, 0.2) is 54.6 Å². The van der Waals surface area contributed by atoms with Gasteiger partial charge in [0.05, 0.1) is 0 Å². The molecular formula is C19H26N2. The largest absolute Gasteiger partial charge is 0.383 e. The van der Waals surface area contributed by atoms with Crippen LogP contribution in [-0.4, -0.2) is 12.1 Å². The zero-order chi connectivity index (χ0) is 15.1. The van der Waals surface area contributed by atoms with E-state index in [-0.39, 0.29) is 5.54 Å². The Morgan fingerprint density at radius 2 is 1.67 bits per heavy atom. The van der Waals surface area contributed by atoms with E-state index in [1.807, 2.05) is 0 Å². The molecule has 0 amide bonds. The lowest BCUT2D eigenvalue weighted by atomic mass is 9.97. The maximum absolute atomic E-state index is 6.32. The molecule has 0 aromatic heterocycles. The molecular weight excluding hydrogens is 256 g/mol. The van der Waals surface area contributed by atoms with Gasteiger partial charge in [0.15, 0.2) is 0 Å². The molecule has 2 aromatic carbocycles. The summed E-state index contributed by atoms with van der Waals surface area (Å²) in [6.07, 6.45) is 3.08. The van der Waals surface area contributed by atoms with E-state index in [2.05, 4.69) is 73.8 Å². The van der Waals surface area contributed by atoms with E-state index in [0.29, 0.717) is 0 Å². The standard InChI is InChI=1S/C19H26N2/c1-3-13-19(2,20)15-21-18-12-8-7-11-17(18)14-16-9-5-4-6-10-16/h4-12,21H,3,13-15,20H2,1-2H3. The Hall–Kier alpha value is -1.80. The Bertz CT molecular complexity index is 547. The normalized spacial score (nSPS) is 13.7. The zero-order valence-electron chi connectivity index (χ0n) is 13.1. The smallest absolute Gasteiger partial charge is 0.0376 e. The highest BCUT2D eigenvalue weighted by Gasteiger charge is 2.17. The molecule has 0 fully saturated rings. The van der Waals surface area contributed by atoms with Crippen molar-refractivity contribution in [1.29, 1.82) is 0 Å². The lowest BCUT2D eigenvalue weighted by Gasteiger charge is -2.25. The van der Waals surface area contributed by atoms with E-state index in [0.717, 1.165) is 25.8 Å². The van der Waals surface area contributed by atoms with Crippen molar-refractivity contribution >= 4 is 5.69 Å². The van der Waals surface area contributed by atoms with E-state index < -0.39 is 0 Å². The van der Waals surface area contributed by atoms with Crippen LogP contribution in [-0.2, 0) is 6.42 Å². The van der Waals surface area contributed by atoms with Gasteiger partial charge < -0.3 is 11.1 Å². The SMILES string of the molecule is CCCC(C)(N)CNc1ccccc1Cc1ccccc1. The first-order chi connectivity index (χ1) is 10.1. The van der Waals surface area contributed by atoms with Crippen LogP contribution in [0.2, 0.25) is 0 Å². The summed E-state index contributed by atoms with van der Waals surface area (Å²) in [6.45, 7) is 5.09. The van der Waals surface area contributed by atoms with Gasteiger partial charge in [-0.25, -0.2) is 0 Å². The number of nitrogens with two attached hydrogens (primary N) is 1. The van der Waals surface area contributed by atoms with Crippen LogP contribution in [0.25, 0.3) is 0 Å². The van der Waals surface area contributed by atoms with Gasteiger partial charge in [0.25, 0.3) is 0 Å². The Kier molecular flexibility index (Phi) is 5.40. The highest BCUT2D eigenvalue weighted by atomic mass is 14.9. The molecule has 2 heteroatoms. The topological polar surface area (TPSA) is 38.0 Å². The van der Waals surface area contributed by atoms with Crippen molar-refractivity contribution in [3.8, 4) is 0 Å². The monoisotopic (exact) mass is 282 g/mol. The summed E-state index contributed by atoms with van der Waals surface area (Å²) in [5.41, 5.74) is 9.99. The Morgan fingerprint density at radius 1 is 1.00 bits per heavy atom. The van der Waals surface area contributed by atoms with Crippen molar-refractivity contribution in [3.05, 3.63) is 65.7 Å². The maximum atomic E-state index is 6.32. The quantitative estimate of drug-likeness (QED) is 0.798. The number of para-hydroxylation sites is 1. The van der Waals surface area contributed by atoms with Crippen LogP contribution in [0.1, 0.15) is 37.8 Å². The van der Waals surface area contributed by atoms with Crippen LogP contribution in [0.5, 0.6) is 0 Å². The van der Waals surface area contributed by atoms with Crippen molar-refractivity contribution in [1.82, 2.24) is 0 Å². The first-order valence-electron chi connectivity index (χ1n) is 7.75. The summed E-state index contributed by atoms with van der Waals surface area (Å²) in [5, 5.41) is 3.53. The Labute approximate surface area is 128 Å². The van der Waals surface area contributed by atoms with Crippen LogP contribution >= 0.6 is 0 Å². The fraction of sp³-hybridized carbons (Fsp3) is 0.368. The minimum atomic E-state index is -0.158. The van der Waals surface area contributed by atoms with Crippen LogP contribution in [0.4, 0.5) is 5.69 Å². The molecule has 0 aliphatic heterocycles. The number of hydrogen-bond acceptors (Lipinski definition) is 2. The summed E-state index contributed by atoms with van der Waals surface area (Å²) < 4.78 is 0. The van der Waals surface area contributed by atoms with E-state index in [1.165, 1.54) is 16.8 Å². The highest BCUT2D eigenvalue weighted by Crippen LogP contribution is 2.20. The van der Waals surface area contributed by atoms with Gasteiger partial charge in [-0.15, -0.1) is 0 Å². The van der Waals surface area contributed by atoms with E-state index in [4.69, 9.17) is 5.73 Å². The molecule has 0 spiro atoms. The van der Waals surface area contributed by atoms with Crippen molar-refractivity contribution in [2.24, 2.45) is 5.73 Å². The second kappa shape index (κ2) is 7.28. The van der Waals surface area contributed by atoms with Crippen molar-refractivity contribution in [2.45, 2.75) is 38.6 Å².